The zero-order valence-corrected chi connectivity index (χ0v) is 17.0. The molecule has 1 heterocycles. The Kier molecular flexibility index (Phi) is 5.17. The summed E-state index contributed by atoms with van der Waals surface area (Å²) < 4.78 is 4.71. The van der Waals surface area contributed by atoms with E-state index in [0.29, 0.717) is 5.56 Å². The van der Waals surface area contributed by atoms with Gasteiger partial charge in [0.1, 0.15) is 0 Å². The molecule has 4 rings (SSSR count). The second-order valence-corrected chi connectivity index (χ2v) is 7.45. The van der Waals surface area contributed by atoms with Gasteiger partial charge in [-0.2, -0.15) is 0 Å². The molecule has 0 saturated carbocycles. The Balaban J connectivity index is 1.43. The summed E-state index contributed by atoms with van der Waals surface area (Å²) in [6, 6.07) is 20.1. The number of methoxy groups -OCH3 is 1. The van der Waals surface area contributed by atoms with Crippen LogP contribution in [-0.4, -0.2) is 19.3 Å². The number of esters is 1. The minimum atomic E-state index is -0.335. The van der Waals surface area contributed by atoms with Gasteiger partial charge in [-0.3, -0.25) is 4.99 Å². The van der Waals surface area contributed by atoms with Crippen molar-refractivity contribution in [3.05, 3.63) is 94.0 Å². The van der Waals surface area contributed by atoms with Crippen molar-refractivity contribution < 1.29 is 9.53 Å². The molecule has 0 aliphatic carbocycles. The lowest BCUT2D eigenvalue weighted by atomic mass is 10.0. The monoisotopic (exact) mass is 384 g/mol. The van der Waals surface area contributed by atoms with Crippen molar-refractivity contribution in [2.24, 2.45) is 4.99 Å². The molecule has 0 bridgehead atoms. The van der Waals surface area contributed by atoms with Gasteiger partial charge in [0.05, 0.1) is 18.4 Å². The molecular weight excluding hydrogens is 360 g/mol. The van der Waals surface area contributed by atoms with Gasteiger partial charge in [0.25, 0.3) is 0 Å². The molecule has 0 saturated heterocycles. The van der Waals surface area contributed by atoms with E-state index in [1.54, 1.807) is 18.3 Å². The molecule has 1 aliphatic rings. The van der Waals surface area contributed by atoms with Crippen LogP contribution in [0.4, 0.5) is 11.4 Å². The molecule has 0 atom stereocenters. The number of anilines is 1. The predicted molar refractivity (Wildman–Crippen MR) is 117 cm³/mol. The Hall–Kier alpha value is -3.40. The van der Waals surface area contributed by atoms with Crippen molar-refractivity contribution in [1.82, 2.24) is 0 Å². The molecule has 4 heteroatoms. The number of hydrogen-bond donors (Lipinski definition) is 0. The van der Waals surface area contributed by atoms with Crippen LogP contribution in [0, 0.1) is 13.8 Å². The summed E-state index contributed by atoms with van der Waals surface area (Å²) in [6.45, 7) is 6.25. The van der Waals surface area contributed by atoms with Crippen LogP contribution in [0.2, 0.25) is 0 Å². The largest absolute Gasteiger partial charge is 0.465 e. The standard InChI is InChI=1S/C25H24N2O2/c1-17-12-21-15-27(16-22(21)13-18(17)2)24-10-8-23(9-11-24)26-14-19-4-6-20(7-5-19)25(28)29-3/h4-14H,15-16H2,1-3H3. The van der Waals surface area contributed by atoms with Crippen LogP contribution in [0.1, 0.15) is 38.2 Å². The Morgan fingerprint density at radius 2 is 1.52 bits per heavy atom. The lowest BCUT2D eigenvalue weighted by Gasteiger charge is -2.17. The quantitative estimate of drug-likeness (QED) is 0.449. The average Bonchev–Trinajstić information content (AvgIpc) is 3.15. The number of ether oxygens (including phenoxy) is 1. The fraction of sp³-hybridized carbons (Fsp3) is 0.200. The topological polar surface area (TPSA) is 41.9 Å². The van der Waals surface area contributed by atoms with Gasteiger partial charge in [-0.15, -0.1) is 0 Å². The Bertz CT molecular complexity index is 1040. The highest BCUT2D eigenvalue weighted by molar-refractivity contribution is 5.91. The first-order valence-corrected chi connectivity index (χ1v) is 9.70. The van der Waals surface area contributed by atoms with Gasteiger partial charge >= 0.3 is 5.97 Å². The molecule has 4 nitrogen and oxygen atoms in total. The zero-order chi connectivity index (χ0) is 20.4. The van der Waals surface area contributed by atoms with Crippen LogP contribution >= 0.6 is 0 Å². The van der Waals surface area contributed by atoms with Crippen LogP contribution in [0.5, 0.6) is 0 Å². The summed E-state index contributed by atoms with van der Waals surface area (Å²) in [5.74, 6) is -0.335. The van der Waals surface area contributed by atoms with Crippen molar-refractivity contribution >= 4 is 23.6 Å². The number of carbonyl (C=O) groups is 1. The number of aryl methyl sites for hydroxylation is 2. The highest BCUT2D eigenvalue weighted by atomic mass is 16.5. The molecule has 0 aromatic heterocycles. The summed E-state index contributed by atoms with van der Waals surface area (Å²) in [5, 5.41) is 0. The van der Waals surface area contributed by atoms with Gasteiger partial charge < -0.3 is 9.64 Å². The Labute approximate surface area is 171 Å². The molecule has 3 aromatic carbocycles. The van der Waals surface area contributed by atoms with E-state index in [4.69, 9.17) is 4.74 Å². The SMILES string of the molecule is COC(=O)c1ccc(C=Nc2ccc(N3Cc4cc(C)c(C)cc4C3)cc2)cc1. The van der Waals surface area contributed by atoms with Gasteiger partial charge in [-0.05, 0) is 78.1 Å². The minimum absolute atomic E-state index is 0.335. The summed E-state index contributed by atoms with van der Waals surface area (Å²) >= 11 is 0. The molecule has 1 aliphatic heterocycles. The van der Waals surface area contributed by atoms with Crippen LogP contribution in [0.3, 0.4) is 0 Å². The fourth-order valence-corrected chi connectivity index (χ4v) is 3.60. The average molecular weight is 384 g/mol. The lowest BCUT2D eigenvalue weighted by Crippen LogP contribution is -2.13. The molecule has 0 spiro atoms. The first-order chi connectivity index (χ1) is 14.0. The number of benzene rings is 3. The van der Waals surface area contributed by atoms with Crippen molar-refractivity contribution in [3.63, 3.8) is 0 Å². The molecule has 29 heavy (non-hydrogen) atoms. The maximum absolute atomic E-state index is 11.5. The number of nitrogens with zero attached hydrogens (tertiary/aromatic N) is 2. The van der Waals surface area contributed by atoms with E-state index in [0.717, 1.165) is 24.3 Å². The van der Waals surface area contributed by atoms with Crippen molar-refractivity contribution in [1.29, 1.82) is 0 Å². The molecule has 3 aromatic rings. The normalized spacial score (nSPS) is 13.0. The van der Waals surface area contributed by atoms with Gasteiger partial charge in [-0.25, -0.2) is 4.79 Å². The second-order valence-electron chi connectivity index (χ2n) is 7.45. The summed E-state index contributed by atoms with van der Waals surface area (Å²) in [4.78, 5) is 18.4. The fourth-order valence-electron chi connectivity index (χ4n) is 3.60. The maximum Gasteiger partial charge on any atom is 0.337 e. The third-order valence-corrected chi connectivity index (χ3v) is 5.45. The molecule has 0 fully saturated rings. The van der Waals surface area contributed by atoms with Crippen molar-refractivity contribution in [2.45, 2.75) is 26.9 Å². The van der Waals surface area contributed by atoms with Crippen molar-refractivity contribution in [3.8, 4) is 0 Å². The Morgan fingerprint density at radius 3 is 2.07 bits per heavy atom. The van der Waals surface area contributed by atoms with Crippen molar-refractivity contribution in [2.75, 3.05) is 12.0 Å². The van der Waals surface area contributed by atoms with E-state index in [9.17, 15) is 4.79 Å². The van der Waals surface area contributed by atoms with E-state index < -0.39 is 0 Å². The van der Waals surface area contributed by atoms with Crippen LogP contribution in [0.25, 0.3) is 0 Å². The van der Waals surface area contributed by atoms with Gasteiger partial charge in [0, 0.05) is 25.0 Å². The second kappa shape index (κ2) is 7.92. The van der Waals surface area contributed by atoms with E-state index in [-0.39, 0.29) is 5.97 Å². The summed E-state index contributed by atoms with van der Waals surface area (Å²) in [5.41, 5.74) is 9.13. The first kappa shape index (κ1) is 18.9. The van der Waals surface area contributed by atoms with Crippen LogP contribution < -0.4 is 4.90 Å². The Morgan fingerprint density at radius 1 is 0.931 bits per heavy atom. The van der Waals surface area contributed by atoms with Gasteiger partial charge in [0.15, 0.2) is 0 Å². The molecule has 146 valence electrons. The zero-order valence-electron chi connectivity index (χ0n) is 17.0. The molecule has 0 unspecified atom stereocenters. The highest BCUT2D eigenvalue weighted by Gasteiger charge is 2.19. The van der Waals surface area contributed by atoms with Crippen LogP contribution in [0.15, 0.2) is 65.7 Å². The molecule has 0 N–H and O–H groups in total. The number of rotatable bonds is 4. The third kappa shape index (κ3) is 4.06. The summed E-state index contributed by atoms with van der Waals surface area (Å²) in [7, 11) is 1.38. The van der Waals surface area contributed by atoms with E-state index in [1.165, 1.54) is 35.1 Å². The van der Waals surface area contributed by atoms with E-state index in [1.807, 2.05) is 24.3 Å². The first-order valence-electron chi connectivity index (χ1n) is 9.70. The maximum atomic E-state index is 11.5. The smallest absolute Gasteiger partial charge is 0.337 e. The predicted octanol–water partition coefficient (Wildman–Crippen LogP) is 5.36. The summed E-state index contributed by atoms with van der Waals surface area (Å²) in [6.07, 6.45) is 1.80. The number of hydrogen-bond acceptors (Lipinski definition) is 4. The highest BCUT2D eigenvalue weighted by Crippen LogP contribution is 2.31. The van der Waals surface area contributed by atoms with Crippen LogP contribution in [-0.2, 0) is 17.8 Å². The lowest BCUT2D eigenvalue weighted by molar-refractivity contribution is 0.0600. The van der Waals surface area contributed by atoms with Gasteiger partial charge in [0.2, 0.25) is 0 Å². The minimum Gasteiger partial charge on any atom is -0.465 e. The third-order valence-electron chi connectivity index (χ3n) is 5.45. The van der Waals surface area contributed by atoms with E-state index in [2.05, 4.69) is 48.0 Å². The van der Waals surface area contributed by atoms with E-state index >= 15 is 0 Å². The number of carbonyl (C=O) groups excluding carboxylic acids is 1. The van der Waals surface area contributed by atoms with Gasteiger partial charge in [-0.1, -0.05) is 24.3 Å². The number of aliphatic imine (C=N–C) groups is 1. The molecular formula is C25H24N2O2. The molecule has 0 radical (unpaired) electrons. The molecule has 0 amide bonds. The number of fused-ring (bicyclic) bond motifs is 1.